The van der Waals surface area contributed by atoms with E-state index in [9.17, 15) is 27.9 Å². The van der Waals surface area contributed by atoms with Gasteiger partial charge in [-0.05, 0) is 55.4 Å². The molecule has 1 aliphatic heterocycles. The lowest BCUT2D eigenvalue weighted by atomic mass is 10.0. The molecule has 1 fully saturated rings. The minimum Gasteiger partial charge on any atom is -0.466 e. The molecule has 9 heteroatoms. The van der Waals surface area contributed by atoms with Crippen molar-refractivity contribution in [1.82, 2.24) is 10.0 Å². The van der Waals surface area contributed by atoms with Crippen LogP contribution >= 0.6 is 0 Å². The second-order valence-electron chi connectivity index (χ2n) is 8.97. The second-order valence-corrected chi connectivity index (χ2v) is 8.97. The minimum atomic E-state index is -4.42. The Balaban J connectivity index is 1.54. The molecule has 1 N–H and O–H groups in total. The number of benzene rings is 2. The maximum atomic E-state index is 13.0. The molecule has 0 aromatic heterocycles. The fourth-order valence-corrected chi connectivity index (χ4v) is 4.25. The number of rotatable bonds is 11. The standard InChI is InChI=1S/C27H33F3N2O4/c1-2-36-26(35)13-12-20-8-10-21(11-9-20)19-32-25(34)7-4-15-31(32)16-14-24(33)18-22-5-3-6-23(17-22)27(28,29)30/h3,5-6,8-11,17,24,33H,2,4,7,12-16,18-19H2,1H3. The van der Waals surface area contributed by atoms with Crippen molar-refractivity contribution in [1.29, 1.82) is 0 Å². The first-order chi connectivity index (χ1) is 17.2. The number of aliphatic hydroxyl groups is 1. The summed E-state index contributed by atoms with van der Waals surface area (Å²) in [7, 11) is 0. The molecule has 1 aliphatic rings. The van der Waals surface area contributed by atoms with Crippen LogP contribution in [-0.4, -0.2) is 52.8 Å². The summed E-state index contributed by atoms with van der Waals surface area (Å²) in [5.41, 5.74) is 1.64. The first-order valence-corrected chi connectivity index (χ1v) is 12.3. The molecule has 0 saturated carbocycles. The average Bonchev–Trinajstić information content (AvgIpc) is 2.84. The average molecular weight is 507 g/mol. The topological polar surface area (TPSA) is 70.1 Å². The van der Waals surface area contributed by atoms with Crippen LogP contribution in [0.15, 0.2) is 48.5 Å². The van der Waals surface area contributed by atoms with Gasteiger partial charge in [0.25, 0.3) is 0 Å². The fourth-order valence-electron chi connectivity index (χ4n) is 4.25. The van der Waals surface area contributed by atoms with Crippen LogP contribution in [0.2, 0.25) is 0 Å². The molecule has 36 heavy (non-hydrogen) atoms. The minimum absolute atomic E-state index is 0.00000535. The van der Waals surface area contributed by atoms with E-state index in [1.807, 2.05) is 29.3 Å². The monoisotopic (exact) mass is 506 g/mol. The van der Waals surface area contributed by atoms with Crippen LogP contribution in [0.5, 0.6) is 0 Å². The highest BCUT2D eigenvalue weighted by Gasteiger charge is 2.30. The summed E-state index contributed by atoms with van der Waals surface area (Å²) in [6.45, 7) is 3.61. The summed E-state index contributed by atoms with van der Waals surface area (Å²) in [5, 5.41) is 14.1. The second kappa shape index (κ2) is 12.9. The highest BCUT2D eigenvalue weighted by Crippen LogP contribution is 2.30. The van der Waals surface area contributed by atoms with Crippen molar-refractivity contribution in [3.8, 4) is 0 Å². The van der Waals surface area contributed by atoms with Gasteiger partial charge in [0.1, 0.15) is 0 Å². The van der Waals surface area contributed by atoms with E-state index in [1.54, 1.807) is 18.0 Å². The molecule has 3 rings (SSSR count). The van der Waals surface area contributed by atoms with Gasteiger partial charge in [0.15, 0.2) is 0 Å². The number of alkyl halides is 3. The zero-order valence-electron chi connectivity index (χ0n) is 20.5. The van der Waals surface area contributed by atoms with Gasteiger partial charge in [-0.15, -0.1) is 0 Å². The van der Waals surface area contributed by atoms with Gasteiger partial charge >= 0.3 is 12.1 Å². The highest BCUT2D eigenvalue weighted by molar-refractivity contribution is 5.76. The van der Waals surface area contributed by atoms with E-state index in [0.29, 0.717) is 63.9 Å². The number of esters is 1. The first-order valence-electron chi connectivity index (χ1n) is 12.3. The zero-order chi connectivity index (χ0) is 26.1. The Bertz CT molecular complexity index is 1010. The number of carbonyl (C=O) groups is 2. The Morgan fingerprint density at radius 3 is 2.53 bits per heavy atom. The number of hydrogen-bond acceptors (Lipinski definition) is 5. The molecule has 1 heterocycles. The molecule has 1 amide bonds. The van der Waals surface area contributed by atoms with Crippen LogP contribution in [0, 0.1) is 0 Å². The third-order valence-corrected chi connectivity index (χ3v) is 6.16. The number of hydrazine groups is 1. The summed E-state index contributed by atoms with van der Waals surface area (Å²) in [6, 6.07) is 12.7. The molecule has 0 bridgehead atoms. The van der Waals surface area contributed by atoms with Crippen molar-refractivity contribution < 1.29 is 32.6 Å². The molecule has 1 saturated heterocycles. The predicted octanol–water partition coefficient (Wildman–Crippen LogP) is 4.53. The number of aliphatic hydroxyl groups excluding tert-OH is 1. The van der Waals surface area contributed by atoms with Crippen molar-refractivity contribution in [2.24, 2.45) is 0 Å². The van der Waals surface area contributed by atoms with Crippen molar-refractivity contribution in [3.05, 3.63) is 70.8 Å². The van der Waals surface area contributed by atoms with Crippen LogP contribution in [0.3, 0.4) is 0 Å². The summed E-state index contributed by atoms with van der Waals surface area (Å²) in [4.78, 5) is 24.2. The summed E-state index contributed by atoms with van der Waals surface area (Å²) >= 11 is 0. The molecule has 0 radical (unpaired) electrons. The quantitative estimate of drug-likeness (QED) is 0.454. The van der Waals surface area contributed by atoms with Gasteiger partial charge in [0.2, 0.25) is 5.91 Å². The number of aryl methyl sites for hydroxylation is 1. The molecular formula is C27H33F3N2O4. The van der Waals surface area contributed by atoms with Crippen LogP contribution in [0.4, 0.5) is 13.2 Å². The van der Waals surface area contributed by atoms with E-state index in [1.165, 1.54) is 6.07 Å². The maximum Gasteiger partial charge on any atom is 0.416 e. The Morgan fingerprint density at radius 1 is 1.11 bits per heavy atom. The van der Waals surface area contributed by atoms with Crippen molar-refractivity contribution in [3.63, 3.8) is 0 Å². The number of carbonyl (C=O) groups excluding carboxylic acids is 2. The molecule has 0 aliphatic carbocycles. The van der Waals surface area contributed by atoms with E-state index in [2.05, 4.69) is 0 Å². The van der Waals surface area contributed by atoms with Crippen LogP contribution in [0.1, 0.15) is 54.9 Å². The third-order valence-electron chi connectivity index (χ3n) is 6.16. The molecule has 196 valence electrons. The molecule has 1 unspecified atom stereocenters. The number of hydrogen-bond donors (Lipinski definition) is 1. The van der Waals surface area contributed by atoms with Gasteiger partial charge in [-0.2, -0.15) is 13.2 Å². The Kier molecular flexibility index (Phi) is 9.89. The van der Waals surface area contributed by atoms with Gasteiger partial charge in [0.05, 0.1) is 24.8 Å². The molecule has 6 nitrogen and oxygen atoms in total. The highest BCUT2D eigenvalue weighted by atomic mass is 19.4. The lowest BCUT2D eigenvalue weighted by Crippen LogP contribution is -2.50. The number of halogens is 3. The van der Waals surface area contributed by atoms with Crippen LogP contribution < -0.4 is 0 Å². The molecule has 2 aromatic rings. The first kappa shape index (κ1) is 27.7. The van der Waals surface area contributed by atoms with Crippen LogP contribution in [-0.2, 0) is 39.9 Å². The Hall–Kier alpha value is -2.91. The van der Waals surface area contributed by atoms with E-state index in [0.717, 1.165) is 23.3 Å². The normalized spacial score (nSPS) is 15.7. The van der Waals surface area contributed by atoms with Gasteiger partial charge in [-0.25, -0.2) is 5.01 Å². The lowest BCUT2D eigenvalue weighted by molar-refractivity contribution is -0.158. The van der Waals surface area contributed by atoms with E-state index < -0.39 is 17.8 Å². The number of amides is 1. The van der Waals surface area contributed by atoms with E-state index in [-0.39, 0.29) is 18.3 Å². The Labute approximate surface area is 209 Å². The van der Waals surface area contributed by atoms with E-state index >= 15 is 0 Å². The fraction of sp³-hybridized carbons (Fsp3) is 0.481. The zero-order valence-corrected chi connectivity index (χ0v) is 20.5. The summed E-state index contributed by atoms with van der Waals surface area (Å²) in [6.07, 6.45) is -2.76. The SMILES string of the molecule is CCOC(=O)CCc1ccc(CN2C(=O)CCCN2CCC(O)Cc2cccc(C(F)(F)F)c2)cc1. The van der Waals surface area contributed by atoms with Crippen molar-refractivity contribution >= 4 is 11.9 Å². The van der Waals surface area contributed by atoms with Gasteiger partial charge in [0, 0.05) is 25.9 Å². The van der Waals surface area contributed by atoms with E-state index in [4.69, 9.17) is 4.74 Å². The summed E-state index contributed by atoms with van der Waals surface area (Å²) < 4.78 is 43.8. The lowest BCUT2D eigenvalue weighted by Gasteiger charge is -2.39. The predicted molar refractivity (Wildman–Crippen MR) is 129 cm³/mol. The molecular weight excluding hydrogens is 473 g/mol. The van der Waals surface area contributed by atoms with Crippen molar-refractivity contribution in [2.75, 3.05) is 19.7 Å². The molecule has 1 atom stereocenters. The third kappa shape index (κ3) is 8.34. The number of nitrogens with zero attached hydrogens (tertiary/aromatic N) is 2. The summed E-state index contributed by atoms with van der Waals surface area (Å²) in [5.74, 6) is -0.230. The van der Waals surface area contributed by atoms with Gasteiger partial charge in [-0.1, -0.05) is 42.5 Å². The van der Waals surface area contributed by atoms with Gasteiger partial charge < -0.3 is 9.84 Å². The number of ether oxygens (including phenoxy) is 1. The molecule has 2 aromatic carbocycles. The maximum absolute atomic E-state index is 13.0. The molecule has 0 spiro atoms. The van der Waals surface area contributed by atoms with Crippen molar-refractivity contribution in [2.45, 2.75) is 64.3 Å². The van der Waals surface area contributed by atoms with Crippen LogP contribution in [0.25, 0.3) is 0 Å². The Morgan fingerprint density at radius 2 is 1.83 bits per heavy atom. The van der Waals surface area contributed by atoms with Gasteiger partial charge in [-0.3, -0.25) is 14.6 Å². The smallest absolute Gasteiger partial charge is 0.416 e. The largest absolute Gasteiger partial charge is 0.466 e.